The van der Waals surface area contributed by atoms with Crippen molar-refractivity contribution in [2.75, 3.05) is 6.61 Å². The Hall–Kier alpha value is -1.68. The number of aryl methyl sites for hydroxylation is 1. The van der Waals surface area contributed by atoms with Gasteiger partial charge in [-0.25, -0.2) is 4.98 Å². The molecule has 0 aliphatic rings. The Labute approximate surface area is 106 Å². The maximum atomic E-state index is 12.4. The zero-order valence-electron chi connectivity index (χ0n) is 10.6. The molecule has 0 amide bonds. The highest BCUT2D eigenvalue weighted by molar-refractivity contribution is 5.77. The molecule has 0 aliphatic heterocycles. The van der Waals surface area contributed by atoms with Crippen LogP contribution in [-0.2, 0) is 13.0 Å². The molecule has 0 radical (unpaired) electrons. The van der Waals surface area contributed by atoms with E-state index in [1.807, 2.05) is 31.2 Å². The maximum Gasteiger partial charge on any atom is 0.261 e. The van der Waals surface area contributed by atoms with Crippen LogP contribution in [0, 0.1) is 0 Å². The first kappa shape index (κ1) is 12.8. The van der Waals surface area contributed by atoms with E-state index in [2.05, 4.69) is 4.98 Å². The van der Waals surface area contributed by atoms with Crippen LogP contribution in [0.4, 0.5) is 0 Å². The lowest BCUT2D eigenvalue weighted by atomic mass is 10.2. The number of aromatic nitrogens is 2. The standard InChI is InChI=1S/C14H18N2O2/c1-2-13-15-12-8-4-3-7-11(12)14(18)16(13)9-5-6-10-17/h3-4,7-8,17H,2,5-6,9-10H2,1H3. The fraction of sp³-hybridized carbons (Fsp3) is 0.429. The first-order chi connectivity index (χ1) is 8.77. The molecule has 0 atom stereocenters. The molecular formula is C14H18N2O2. The lowest BCUT2D eigenvalue weighted by Gasteiger charge is -2.11. The second-order valence-electron chi connectivity index (χ2n) is 4.29. The van der Waals surface area contributed by atoms with E-state index < -0.39 is 0 Å². The summed E-state index contributed by atoms with van der Waals surface area (Å²) in [4.78, 5) is 16.9. The van der Waals surface area contributed by atoms with Crippen molar-refractivity contribution in [2.45, 2.75) is 32.7 Å². The number of fused-ring (bicyclic) bond motifs is 1. The monoisotopic (exact) mass is 246 g/mol. The van der Waals surface area contributed by atoms with E-state index in [0.717, 1.165) is 24.2 Å². The summed E-state index contributed by atoms with van der Waals surface area (Å²) in [6, 6.07) is 7.43. The summed E-state index contributed by atoms with van der Waals surface area (Å²) in [6.45, 7) is 2.79. The molecule has 1 N–H and O–H groups in total. The van der Waals surface area contributed by atoms with E-state index in [4.69, 9.17) is 5.11 Å². The van der Waals surface area contributed by atoms with Crippen molar-refractivity contribution >= 4 is 10.9 Å². The fourth-order valence-electron chi connectivity index (χ4n) is 2.10. The molecule has 1 heterocycles. The van der Waals surface area contributed by atoms with E-state index in [1.165, 1.54) is 0 Å². The third-order valence-electron chi connectivity index (χ3n) is 3.05. The lowest BCUT2D eigenvalue weighted by molar-refractivity contribution is 0.280. The van der Waals surface area contributed by atoms with Crippen LogP contribution in [0.3, 0.4) is 0 Å². The summed E-state index contributed by atoms with van der Waals surface area (Å²) in [5.74, 6) is 0.816. The molecule has 1 aromatic heterocycles. The first-order valence-electron chi connectivity index (χ1n) is 6.37. The molecule has 1 aromatic carbocycles. The van der Waals surface area contributed by atoms with Gasteiger partial charge in [0.1, 0.15) is 5.82 Å². The summed E-state index contributed by atoms with van der Waals surface area (Å²) in [7, 11) is 0. The summed E-state index contributed by atoms with van der Waals surface area (Å²) >= 11 is 0. The van der Waals surface area contributed by atoms with Crippen LogP contribution in [0.2, 0.25) is 0 Å². The Bertz CT molecular complexity index is 590. The Kier molecular flexibility index (Phi) is 4.10. The Morgan fingerprint density at radius 1 is 1.28 bits per heavy atom. The van der Waals surface area contributed by atoms with Crippen molar-refractivity contribution < 1.29 is 5.11 Å². The summed E-state index contributed by atoms with van der Waals surface area (Å²) in [5.41, 5.74) is 0.785. The number of hydrogen-bond acceptors (Lipinski definition) is 3. The molecule has 4 heteroatoms. The van der Waals surface area contributed by atoms with Crippen molar-refractivity contribution in [3.05, 3.63) is 40.4 Å². The Morgan fingerprint density at radius 2 is 2.06 bits per heavy atom. The van der Waals surface area contributed by atoms with E-state index in [0.29, 0.717) is 18.4 Å². The minimum absolute atomic E-state index is 0.0235. The molecule has 0 aliphatic carbocycles. The van der Waals surface area contributed by atoms with E-state index >= 15 is 0 Å². The summed E-state index contributed by atoms with van der Waals surface area (Å²) in [5, 5.41) is 9.47. The summed E-state index contributed by atoms with van der Waals surface area (Å²) < 4.78 is 1.73. The highest BCUT2D eigenvalue weighted by Crippen LogP contribution is 2.09. The first-order valence-corrected chi connectivity index (χ1v) is 6.37. The van der Waals surface area contributed by atoms with Crippen LogP contribution in [0.1, 0.15) is 25.6 Å². The number of benzene rings is 1. The van der Waals surface area contributed by atoms with Crippen LogP contribution in [0.15, 0.2) is 29.1 Å². The summed E-state index contributed by atoms with van der Waals surface area (Å²) in [6.07, 6.45) is 2.24. The largest absolute Gasteiger partial charge is 0.396 e. The van der Waals surface area contributed by atoms with E-state index in [-0.39, 0.29) is 12.2 Å². The molecular weight excluding hydrogens is 228 g/mol. The SMILES string of the molecule is CCc1nc2ccccc2c(=O)n1CCCCO. The van der Waals surface area contributed by atoms with Gasteiger partial charge in [-0.1, -0.05) is 19.1 Å². The van der Waals surface area contributed by atoms with Gasteiger partial charge in [-0.05, 0) is 25.0 Å². The normalized spacial score (nSPS) is 11.0. The van der Waals surface area contributed by atoms with Crippen molar-refractivity contribution in [2.24, 2.45) is 0 Å². The number of aliphatic hydroxyl groups is 1. The average molecular weight is 246 g/mol. The van der Waals surface area contributed by atoms with Crippen LogP contribution in [0.5, 0.6) is 0 Å². The second-order valence-corrected chi connectivity index (χ2v) is 4.29. The van der Waals surface area contributed by atoms with Gasteiger partial charge in [0.25, 0.3) is 5.56 Å². The van der Waals surface area contributed by atoms with Crippen LogP contribution in [0.25, 0.3) is 10.9 Å². The minimum Gasteiger partial charge on any atom is -0.396 e. The predicted octanol–water partition coefficient (Wildman–Crippen LogP) is 1.73. The third kappa shape index (κ3) is 2.43. The number of unbranched alkanes of at least 4 members (excludes halogenated alkanes) is 1. The number of hydrogen-bond donors (Lipinski definition) is 1. The molecule has 18 heavy (non-hydrogen) atoms. The number of nitrogens with zero attached hydrogens (tertiary/aromatic N) is 2. The molecule has 0 unspecified atom stereocenters. The smallest absolute Gasteiger partial charge is 0.261 e. The number of para-hydroxylation sites is 1. The molecule has 2 rings (SSSR count). The van der Waals surface area contributed by atoms with Gasteiger partial charge < -0.3 is 5.11 Å². The van der Waals surface area contributed by atoms with Crippen LogP contribution >= 0.6 is 0 Å². The molecule has 0 spiro atoms. The quantitative estimate of drug-likeness (QED) is 0.817. The van der Waals surface area contributed by atoms with E-state index in [1.54, 1.807) is 4.57 Å². The fourth-order valence-corrected chi connectivity index (χ4v) is 2.10. The van der Waals surface area contributed by atoms with E-state index in [9.17, 15) is 4.79 Å². The van der Waals surface area contributed by atoms with Crippen LogP contribution in [-0.4, -0.2) is 21.3 Å². The number of rotatable bonds is 5. The third-order valence-corrected chi connectivity index (χ3v) is 3.05. The maximum absolute atomic E-state index is 12.4. The molecule has 0 saturated heterocycles. The second kappa shape index (κ2) is 5.78. The van der Waals surface area contributed by atoms with Gasteiger partial charge in [-0.2, -0.15) is 0 Å². The van der Waals surface area contributed by atoms with Gasteiger partial charge in [0.05, 0.1) is 10.9 Å². The Balaban J connectivity index is 2.49. The van der Waals surface area contributed by atoms with Gasteiger partial charge in [0.15, 0.2) is 0 Å². The van der Waals surface area contributed by atoms with Gasteiger partial charge in [0, 0.05) is 19.6 Å². The predicted molar refractivity (Wildman–Crippen MR) is 71.7 cm³/mol. The van der Waals surface area contributed by atoms with Gasteiger partial charge in [-0.15, -0.1) is 0 Å². The molecule has 0 bridgehead atoms. The van der Waals surface area contributed by atoms with Crippen molar-refractivity contribution in [3.8, 4) is 0 Å². The molecule has 4 nitrogen and oxygen atoms in total. The highest BCUT2D eigenvalue weighted by Gasteiger charge is 2.08. The molecule has 0 saturated carbocycles. The lowest BCUT2D eigenvalue weighted by Crippen LogP contribution is -2.25. The van der Waals surface area contributed by atoms with Gasteiger partial charge >= 0.3 is 0 Å². The van der Waals surface area contributed by atoms with Crippen molar-refractivity contribution in [1.29, 1.82) is 0 Å². The molecule has 96 valence electrons. The molecule has 0 fully saturated rings. The topological polar surface area (TPSA) is 55.1 Å². The zero-order chi connectivity index (χ0) is 13.0. The zero-order valence-corrected chi connectivity index (χ0v) is 10.6. The Morgan fingerprint density at radius 3 is 2.78 bits per heavy atom. The average Bonchev–Trinajstić information content (AvgIpc) is 2.41. The van der Waals surface area contributed by atoms with Crippen molar-refractivity contribution in [1.82, 2.24) is 9.55 Å². The van der Waals surface area contributed by atoms with Crippen LogP contribution < -0.4 is 5.56 Å². The van der Waals surface area contributed by atoms with Gasteiger partial charge in [0.2, 0.25) is 0 Å². The molecule has 2 aromatic rings. The van der Waals surface area contributed by atoms with Crippen molar-refractivity contribution in [3.63, 3.8) is 0 Å². The minimum atomic E-state index is 0.0235. The van der Waals surface area contributed by atoms with Gasteiger partial charge in [-0.3, -0.25) is 9.36 Å². The highest BCUT2D eigenvalue weighted by atomic mass is 16.2. The number of aliphatic hydroxyl groups excluding tert-OH is 1.